The van der Waals surface area contributed by atoms with Gasteiger partial charge >= 0.3 is 0 Å². The molecule has 3 rings (SSSR count). The zero-order valence-corrected chi connectivity index (χ0v) is 10.5. The lowest BCUT2D eigenvalue weighted by atomic mass is 10.1. The molecule has 0 aromatic carbocycles. The number of hydrogen-bond acceptors (Lipinski definition) is 2. The summed E-state index contributed by atoms with van der Waals surface area (Å²) < 4.78 is 4.10. The Labute approximate surface area is 106 Å². The molecule has 0 unspecified atom stereocenters. The molecular formula is C14H17N3O. The summed E-state index contributed by atoms with van der Waals surface area (Å²) in [6.07, 6.45) is 10.7. The molecule has 0 atom stereocenters. The van der Waals surface area contributed by atoms with Gasteiger partial charge in [0.15, 0.2) is 5.78 Å². The molecule has 2 heterocycles. The van der Waals surface area contributed by atoms with Crippen LogP contribution < -0.4 is 0 Å². The third kappa shape index (κ3) is 2.23. The summed E-state index contributed by atoms with van der Waals surface area (Å²) in [6, 6.07) is 1.93. The first-order chi connectivity index (χ1) is 8.74. The van der Waals surface area contributed by atoms with Crippen molar-refractivity contribution in [2.75, 3.05) is 0 Å². The summed E-state index contributed by atoms with van der Waals surface area (Å²) in [5.74, 6) is 1.68. The second-order valence-electron chi connectivity index (χ2n) is 4.98. The van der Waals surface area contributed by atoms with E-state index in [1.54, 1.807) is 0 Å². The van der Waals surface area contributed by atoms with Gasteiger partial charge in [0.05, 0.1) is 0 Å². The van der Waals surface area contributed by atoms with E-state index in [0.29, 0.717) is 11.7 Å². The molecule has 4 nitrogen and oxygen atoms in total. The number of carbonyl (C=O) groups is 1. The number of Topliss-reactive ketones (excluding diaryl/α,β-unsaturated/α-hetero) is 1. The molecular weight excluding hydrogens is 226 g/mol. The number of aryl methyl sites for hydroxylation is 3. The van der Waals surface area contributed by atoms with Gasteiger partial charge in [0.1, 0.15) is 5.82 Å². The minimum atomic E-state index is 0.301. The Hall–Kier alpha value is -1.84. The second kappa shape index (κ2) is 4.44. The second-order valence-corrected chi connectivity index (χ2v) is 4.98. The molecule has 0 N–H and O–H groups in total. The summed E-state index contributed by atoms with van der Waals surface area (Å²) >= 11 is 0. The lowest BCUT2D eigenvalue weighted by Gasteiger charge is -2.03. The van der Waals surface area contributed by atoms with Crippen LogP contribution in [0, 0.1) is 5.92 Å². The van der Waals surface area contributed by atoms with Gasteiger partial charge in [-0.2, -0.15) is 0 Å². The summed E-state index contributed by atoms with van der Waals surface area (Å²) in [6.45, 7) is 0.864. The maximum Gasteiger partial charge on any atom is 0.167 e. The van der Waals surface area contributed by atoms with E-state index in [2.05, 4.69) is 9.55 Å². The van der Waals surface area contributed by atoms with Crippen LogP contribution in [0.2, 0.25) is 0 Å². The lowest BCUT2D eigenvalue weighted by Crippen LogP contribution is -2.04. The van der Waals surface area contributed by atoms with Crippen molar-refractivity contribution in [2.45, 2.75) is 25.8 Å². The Balaban J connectivity index is 1.63. The Morgan fingerprint density at radius 1 is 1.44 bits per heavy atom. The SMILES string of the molecule is Cn1ccnc1CCn1ccc(C(=O)C2CC2)c1. The normalized spacial score (nSPS) is 14.9. The fraction of sp³-hybridized carbons (Fsp3) is 0.429. The molecule has 94 valence electrons. The fourth-order valence-electron chi connectivity index (χ4n) is 2.17. The molecule has 1 aliphatic rings. The maximum atomic E-state index is 11.9. The number of rotatable bonds is 5. The minimum Gasteiger partial charge on any atom is -0.353 e. The van der Waals surface area contributed by atoms with Crippen molar-refractivity contribution in [1.82, 2.24) is 14.1 Å². The van der Waals surface area contributed by atoms with E-state index in [-0.39, 0.29) is 0 Å². The van der Waals surface area contributed by atoms with Crippen LogP contribution in [-0.2, 0) is 20.0 Å². The Kier molecular flexibility index (Phi) is 2.78. The molecule has 0 aliphatic heterocycles. The predicted molar refractivity (Wildman–Crippen MR) is 68.4 cm³/mol. The molecule has 2 aromatic heterocycles. The summed E-state index contributed by atoms with van der Waals surface area (Å²) in [5.41, 5.74) is 0.859. The van der Waals surface area contributed by atoms with Crippen molar-refractivity contribution in [2.24, 2.45) is 13.0 Å². The Morgan fingerprint density at radius 3 is 2.94 bits per heavy atom. The lowest BCUT2D eigenvalue weighted by molar-refractivity contribution is 0.0967. The van der Waals surface area contributed by atoms with E-state index in [1.165, 1.54) is 0 Å². The van der Waals surface area contributed by atoms with Crippen molar-refractivity contribution >= 4 is 5.78 Å². The van der Waals surface area contributed by atoms with E-state index in [4.69, 9.17) is 0 Å². The largest absolute Gasteiger partial charge is 0.353 e. The van der Waals surface area contributed by atoms with Crippen molar-refractivity contribution in [3.05, 3.63) is 42.2 Å². The zero-order valence-electron chi connectivity index (χ0n) is 10.5. The highest BCUT2D eigenvalue weighted by molar-refractivity contribution is 5.99. The summed E-state index contributed by atoms with van der Waals surface area (Å²) in [5, 5.41) is 0. The summed E-state index contributed by atoms with van der Waals surface area (Å²) in [7, 11) is 2.00. The van der Waals surface area contributed by atoms with Crippen molar-refractivity contribution in [3.63, 3.8) is 0 Å². The average Bonchev–Trinajstić information content (AvgIpc) is 2.97. The van der Waals surface area contributed by atoms with Gasteiger partial charge in [-0.15, -0.1) is 0 Å². The van der Waals surface area contributed by atoms with Gasteiger partial charge in [-0.3, -0.25) is 4.79 Å². The van der Waals surface area contributed by atoms with Crippen LogP contribution in [-0.4, -0.2) is 19.9 Å². The molecule has 0 saturated heterocycles. The zero-order chi connectivity index (χ0) is 12.5. The van der Waals surface area contributed by atoms with Crippen LogP contribution in [0.3, 0.4) is 0 Å². The molecule has 0 bridgehead atoms. The van der Waals surface area contributed by atoms with Gasteiger partial charge in [-0.05, 0) is 18.9 Å². The topological polar surface area (TPSA) is 39.8 Å². The van der Waals surface area contributed by atoms with E-state index in [0.717, 1.165) is 37.2 Å². The number of imidazole rings is 1. The number of carbonyl (C=O) groups excluding carboxylic acids is 1. The quantitative estimate of drug-likeness (QED) is 0.754. The predicted octanol–water partition coefficient (Wildman–Crippen LogP) is 2.06. The molecule has 0 radical (unpaired) electrons. The molecule has 0 spiro atoms. The highest BCUT2D eigenvalue weighted by Gasteiger charge is 2.30. The van der Waals surface area contributed by atoms with Gasteiger partial charge in [-0.1, -0.05) is 0 Å². The van der Waals surface area contributed by atoms with Crippen LogP contribution in [0.25, 0.3) is 0 Å². The average molecular weight is 243 g/mol. The highest BCUT2D eigenvalue weighted by Crippen LogP contribution is 2.32. The first-order valence-electron chi connectivity index (χ1n) is 6.40. The molecule has 1 fully saturated rings. The van der Waals surface area contributed by atoms with Crippen LogP contribution in [0.5, 0.6) is 0 Å². The highest BCUT2D eigenvalue weighted by atomic mass is 16.1. The van der Waals surface area contributed by atoms with Crippen molar-refractivity contribution < 1.29 is 4.79 Å². The van der Waals surface area contributed by atoms with Gasteiger partial charge in [-0.25, -0.2) is 4.98 Å². The minimum absolute atomic E-state index is 0.301. The van der Waals surface area contributed by atoms with Crippen molar-refractivity contribution in [1.29, 1.82) is 0 Å². The first kappa shape index (κ1) is 11.3. The fourth-order valence-corrected chi connectivity index (χ4v) is 2.17. The number of aromatic nitrogens is 3. The third-order valence-electron chi connectivity index (χ3n) is 3.50. The van der Waals surface area contributed by atoms with E-state index < -0.39 is 0 Å². The monoisotopic (exact) mass is 243 g/mol. The Morgan fingerprint density at radius 2 is 2.28 bits per heavy atom. The molecule has 2 aromatic rings. The van der Waals surface area contributed by atoms with Crippen molar-refractivity contribution in [3.8, 4) is 0 Å². The van der Waals surface area contributed by atoms with Gasteiger partial charge in [0.25, 0.3) is 0 Å². The Bertz CT molecular complexity index is 563. The molecule has 0 amide bonds. The number of ketones is 1. The molecule has 18 heavy (non-hydrogen) atoms. The molecule has 4 heteroatoms. The van der Waals surface area contributed by atoms with E-state index in [1.807, 2.05) is 42.5 Å². The molecule has 1 saturated carbocycles. The van der Waals surface area contributed by atoms with Gasteiger partial charge < -0.3 is 9.13 Å². The first-order valence-corrected chi connectivity index (χ1v) is 6.40. The summed E-state index contributed by atoms with van der Waals surface area (Å²) in [4.78, 5) is 16.2. The van der Waals surface area contributed by atoms with Crippen LogP contribution >= 0.6 is 0 Å². The maximum absolute atomic E-state index is 11.9. The number of hydrogen-bond donors (Lipinski definition) is 0. The standard InChI is InChI=1S/C14H17N3O/c1-16-9-6-15-13(16)5-8-17-7-4-12(10-17)14(18)11-2-3-11/h4,6-7,9-11H,2-3,5,8H2,1H3. The van der Waals surface area contributed by atoms with Gasteiger partial charge in [0, 0.05) is 56.3 Å². The smallest absolute Gasteiger partial charge is 0.167 e. The number of nitrogens with zero attached hydrogens (tertiary/aromatic N) is 3. The van der Waals surface area contributed by atoms with E-state index in [9.17, 15) is 4.79 Å². The third-order valence-corrected chi connectivity index (χ3v) is 3.50. The van der Waals surface area contributed by atoms with Crippen LogP contribution in [0.1, 0.15) is 29.0 Å². The van der Waals surface area contributed by atoms with Gasteiger partial charge in [0.2, 0.25) is 0 Å². The molecule has 1 aliphatic carbocycles. The van der Waals surface area contributed by atoms with Crippen LogP contribution in [0.4, 0.5) is 0 Å². The van der Waals surface area contributed by atoms with Crippen LogP contribution in [0.15, 0.2) is 30.9 Å². The van der Waals surface area contributed by atoms with E-state index >= 15 is 0 Å².